The number of nitrogens with zero attached hydrogens (tertiary/aromatic N) is 3. The largest absolute Gasteiger partial charge is 0.324 e. The highest BCUT2D eigenvalue weighted by Gasteiger charge is 2.38. The number of amides is 1. The number of rotatable bonds is 4. The molecule has 0 bridgehead atoms. The van der Waals surface area contributed by atoms with Gasteiger partial charge in [-0.15, -0.1) is 10.2 Å². The molecule has 2 heterocycles. The van der Waals surface area contributed by atoms with Gasteiger partial charge in [-0.05, 0) is 29.8 Å². The predicted octanol–water partition coefficient (Wildman–Crippen LogP) is 5.14. The average Bonchev–Trinajstić information content (AvgIpc) is 3.24. The maximum Gasteiger partial charge on any atom is 0.240 e. The Bertz CT molecular complexity index is 1270. The number of nitrogens with one attached hydrogen (secondary N) is 2. The van der Waals surface area contributed by atoms with Crippen molar-refractivity contribution in [2.75, 3.05) is 10.7 Å². The first-order chi connectivity index (χ1) is 15.6. The van der Waals surface area contributed by atoms with E-state index >= 15 is 0 Å². The number of carbonyl (C=O) groups is 1. The molecule has 0 radical (unpaired) electrons. The van der Waals surface area contributed by atoms with Crippen LogP contribution in [0, 0.1) is 5.82 Å². The summed E-state index contributed by atoms with van der Waals surface area (Å²) in [7, 11) is 0. The number of para-hydroxylation sites is 1. The normalized spacial score (nSPS) is 17.3. The van der Waals surface area contributed by atoms with E-state index in [1.165, 1.54) is 23.9 Å². The number of anilines is 1. The summed E-state index contributed by atoms with van der Waals surface area (Å²) in [5, 5.41) is 11.9. The monoisotopic (exact) mass is 465 g/mol. The van der Waals surface area contributed by atoms with Gasteiger partial charge in [0.2, 0.25) is 11.1 Å². The molecule has 9 heteroatoms. The zero-order valence-electron chi connectivity index (χ0n) is 16.6. The summed E-state index contributed by atoms with van der Waals surface area (Å²) in [5.41, 5.74) is 5.53. The number of thioether (sulfide) groups is 1. The van der Waals surface area contributed by atoms with Crippen LogP contribution in [0.25, 0.3) is 11.4 Å². The molecule has 0 unspecified atom stereocenters. The Labute approximate surface area is 192 Å². The van der Waals surface area contributed by atoms with Gasteiger partial charge in [0.15, 0.2) is 5.82 Å². The number of benzene rings is 3. The molecule has 0 saturated carbocycles. The van der Waals surface area contributed by atoms with Crippen LogP contribution in [0.5, 0.6) is 0 Å². The standard InChI is InChI=1S/C23H17ClFN5OS/c24-17-8-4-5-9-18(17)26-22(31)20-19(14-10-12-16(25)13-11-14)29-30-21(27-28-23(30)32-20)15-6-2-1-3-7-15/h1-13,19-20,29H,(H,26,31)/t19-,20-/m1/s1. The highest BCUT2D eigenvalue weighted by Crippen LogP contribution is 2.39. The molecule has 2 atom stereocenters. The van der Waals surface area contributed by atoms with Gasteiger partial charge >= 0.3 is 0 Å². The van der Waals surface area contributed by atoms with Crippen molar-refractivity contribution in [1.82, 2.24) is 14.9 Å². The molecule has 1 aliphatic heterocycles. The topological polar surface area (TPSA) is 71.8 Å². The van der Waals surface area contributed by atoms with E-state index < -0.39 is 11.3 Å². The third-order valence-corrected chi connectivity index (χ3v) is 6.63. The molecule has 1 amide bonds. The summed E-state index contributed by atoms with van der Waals surface area (Å²) in [4.78, 5) is 13.3. The van der Waals surface area contributed by atoms with Crippen molar-refractivity contribution in [3.05, 3.63) is 95.3 Å². The van der Waals surface area contributed by atoms with Gasteiger partial charge in [0.25, 0.3) is 0 Å². The fourth-order valence-corrected chi connectivity index (χ4v) is 4.78. The van der Waals surface area contributed by atoms with Crippen LogP contribution in [0.1, 0.15) is 11.6 Å². The van der Waals surface area contributed by atoms with E-state index in [2.05, 4.69) is 20.9 Å². The lowest BCUT2D eigenvalue weighted by Gasteiger charge is -2.33. The molecule has 0 aliphatic carbocycles. The quantitative estimate of drug-likeness (QED) is 0.437. The second-order valence-corrected chi connectivity index (χ2v) is 8.69. The van der Waals surface area contributed by atoms with Crippen molar-refractivity contribution in [1.29, 1.82) is 0 Å². The Kier molecular flexibility index (Phi) is 5.55. The molecule has 32 heavy (non-hydrogen) atoms. The van der Waals surface area contributed by atoms with E-state index in [0.29, 0.717) is 21.7 Å². The van der Waals surface area contributed by atoms with Gasteiger partial charge in [-0.1, -0.05) is 78.0 Å². The van der Waals surface area contributed by atoms with Crippen LogP contribution in [-0.2, 0) is 4.79 Å². The Hall–Kier alpha value is -3.36. The third-order valence-electron chi connectivity index (χ3n) is 5.09. The molecule has 3 aromatic carbocycles. The molecule has 0 saturated heterocycles. The first-order valence-corrected chi connectivity index (χ1v) is 11.1. The fourth-order valence-electron chi connectivity index (χ4n) is 3.52. The molecule has 160 valence electrons. The highest BCUT2D eigenvalue weighted by atomic mass is 35.5. The molecule has 2 N–H and O–H groups in total. The number of fused-ring (bicyclic) bond motifs is 1. The zero-order chi connectivity index (χ0) is 22.1. The maximum absolute atomic E-state index is 13.6. The van der Waals surface area contributed by atoms with E-state index in [-0.39, 0.29) is 11.7 Å². The lowest BCUT2D eigenvalue weighted by Crippen LogP contribution is -2.41. The van der Waals surface area contributed by atoms with Gasteiger partial charge in [-0.3, -0.25) is 4.79 Å². The Morgan fingerprint density at radius 3 is 2.47 bits per heavy atom. The summed E-state index contributed by atoms with van der Waals surface area (Å²) in [6, 6.07) is 22.3. The molecule has 0 fully saturated rings. The summed E-state index contributed by atoms with van der Waals surface area (Å²) < 4.78 is 15.3. The van der Waals surface area contributed by atoms with Crippen molar-refractivity contribution in [2.45, 2.75) is 16.4 Å². The lowest BCUT2D eigenvalue weighted by atomic mass is 10.0. The van der Waals surface area contributed by atoms with E-state index in [1.54, 1.807) is 41.1 Å². The van der Waals surface area contributed by atoms with Crippen LogP contribution < -0.4 is 10.7 Å². The number of hydrogen-bond acceptors (Lipinski definition) is 5. The first kappa shape index (κ1) is 20.5. The van der Waals surface area contributed by atoms with E-state index in [9.17, 15) is 9.18 Å². The molecule has 0 spiro atoms. The molecule has 5 rings (SSSR count). The minimum Gasteiger partial charge on any atom is -0.324 e. The van der Waals surface area contributed by atoms with Gasteiger partial charge in [0.05, 0.1) is 16.8 Å². The van der Waals surface area contributed by atoms with Gasteiger partial charge in [-0.2, -0.15) is 0 Å². The second kappa shape index (κ2) is 8.64. The number of halogens is 2. The molecular weight excluding hydrogens is 449 g/mol. The summed E-state index contributed by atoms with van der Waals surface area (Å²) >= 11 is 7.52. The van der Waals surface area contributed by atoms with Crippen molar-refractivity contribution >= 4 is 35.0 Å². The van der Waals surface area contributed by atoms with Crippen LogP contribution in [0.2, 0.25) is 5.02 Å². The highest BCUT2D eigenvalue weighted by molar-refractivity contribution is 8.00. The minimum absolute atomic E-state index is 0.250. The SMILES string of the molecule is O=C(Nc1ccccc1Cl)[C@@H]1Sc2nnc(-c3ccccc3)n2N[C@@H]1c1ccc(F)cc1. The third kappa shape index (κ3) is 3.94. The van der Waals surface area contributed by atoms with Crippen molar-refractivity contribution < 1.29 is 9.18 Å². The van der Waals surface area contributed by atoms with Gasteiger partial charge in [0, 0.05) is 5.56 Å². The van der Waals surface area contributed by atoms with Gasteiger partial charge in [-0.25, -0.2) is 9.07 Å². The number of hydrogen-bond donors (Lipinski definition) is 2. The molecule has 4 aromatic rings. The molecule has 6 nitrogen and oxygen atoms in total. The van der Waals surface area contributed by atoms with E-state index in [4.69, 9.17) is 11.6 Å². The lowest BCUT2D eigenvalue weighted by molar-refractivity contribution is -0.116. The van der Waals surface area contributed by atoms with Crippen LogP contribution in [0.3, 0.4) is 0 Å². The van der Waals surface area contributed by atoms with Crippen molar-refractivity contribution in [2.24, 2.45) is 0 Å². The number of carbonyl (C=O) groups excluding carboxylic acids is 1. The van der Waals surface area contributed by atoms with E-state index in [1.807, 2.05) is 30.3 Å². The number of aromatic nitrogens is 3. The van der Waals surface area contributed by atoms with E-state index in [0.717, 1.165) is 11.1 Å². The predicted molar refractivity (Wildman–Crippen MR) is 124 cm³/mol. The Balaban J connectivity index is 1.52. The average molecular weight is 466 g/mol. The second-order valence-electron chi connectivity index (χ2n) is 7.17. The summed E-state index contributed by atoms with van der Waals surface area (Å²) in [5.74, 6) is 0.0369. The first-order valence-electron chi connectivity index (χ1n) is 9.85. The molecular formula is C23H17ClFN5OS. The fraction of sp³-hybridized carbons (Fsp3) is 0.0870. The van der Waals surface area contributed by atoms with Gasteiger partial charge < -0.3 is 10.7 Å². The van der Waals surface area contributed by atoms with Crippen LogP contribution >= 0.6 is 23.4 Å². The summed E-state index contributed by atoms with van der Waals surface area (Å²) in [6.07, 6.45) is 0. The zero-order valence-corrected chi connectivity index (χ0v) is 18.1. The van der Waals surface area contributed by atoms with Crippen LogP contribution in [0.4, 0.5) is 10.1 Å². The van der Waals surface area contributed by atoms with Crippen molar-refractivity contribution in [3.8, 4) is 11.4 Å². The smallest absolute Gasteiger partial charge is 0.240 e. The van der Waals surface area contributed by atoms with Crippen molar-refractivity contribution in [3.63, 3.8) is 0 Å². The van der Waals surface area contributed by atoms with Crippen LogP contribution in [-0.4, -0.2) is 26.0 Å². The summed E-state index contributed by atoms with van der Waals surface area (Å²) in [6.45, 7) is 0. The maximum atomic E-state index is 13.6. The minimum atomic E-state index is -0.600. The Morgan fingerprint density at radius 2 is 1.72 bits per heavy atom. The van der Waals surface area contributed by atoms with Gasteiger partial charge in [0.1, 0.15) is 11.1 Å². The molecule has 1 aliphatic rings. The molecule has 1 aromatic heterocycles. The Morgan fingerprint density at radius 1 is 1.00 bits per heavy atom. The van der Waals surface area contributed by atoms with Crippen LogP contribution in [0.15, 0.2) is 84.0 Å².